The van der Waals surface area contributed by atoms with E-state index in [0.29, 0.717) is 51.3 Å². The van der Waals surface area contributed by atoms with E-state index in [4.69, 9.17) is 0 Å². The lowest BCUT2D eigenvalue weighted by molar-refractivity contribution is -0.137. The van der Waals surface area contributed by atoms with E-state index in [1.165, 1.54) is 27.4 Å². The van der Waals surface area contributed by atoms with Crippen LogP contribution in [0.3, 0.4) is 0 Å². The fourth-order valence-electron chi connectivity index (χ4n) is 4.37. The number of anilines is 1. The summed E-state index contributed by atoms with van der Waals surface area (Å²) in [6.07, 6.45) is -0.482. The van der Waals surface area contributed by atoms with Gasteiger partial charge in [0.2, 0.25) is 15.9 Å². The number of carbonyl (C=O) groups is 1. The van der Waals surface area contributed by atoms with Crippen LogP contribution in [0.15, 0.2) is 41.6 Å². The van der Waals surface area contributed by atoms with Crippen LogP contribution in [-0.4, -0.2) is 72.6 Å². The number of sulfonamides is 1. The second-order valence-corrected chi connectivity index (χ2v) is 10.4. The van der Waals surface area contributed by atoms with Gasteiger partial charge in [0.15, 0.2) is 0 Å². The van der Waals surface area contributed by atoms with E-state index in [1.54, 1.807) is 18.0 Å². The zero-order valence-corrected chi connectivity index (χ0v) is 19.0. The maximum absolute atomic E-state index is 13.1. The van der Waals surface area contributed by atoms with E-state index >= 15 is 0 Å². The van der Waals surface area contributed by atoms with E-state index in [9.17, 15) is 26.4 Å². The molecule has 0 N–H and O–H groups in total. The third-order valence-electron chi connectivity index (χ3n) is 6.18. The maximum Gasteiger partial charge on any atom is 0.416 e. The highest BCUT2D eigenvalue weighted by molar-refractivity contribution is 7.89. The first-order valence-corrected chi connectivity index (χ1v) is 12.2. The van der Waals surface area contributed by atoms with Gasteiger partial charge in [-0.25, -0.2) is 8.42 Å². The summed E-state index contributed by atoms with van der Waals surface area (Å²) in [6.45, 7) is 2.05. The maximum atomic E-state index is 13.1. The van der Waals surface area contributed by atoms with Crippen LogP contribution in [0.1, 0.15) is 18.4 Å². The highest BCUT2D eigenvalue weighted by atomic mass is 32.2. The van der Waals surface area contributed by atoms with Crippen LogP contribution in [0.5, 0.6) is 0 Å². The van der Waals surface area contributed by atoms with Crippen LogP contribution in [0.4, 0.5) is 18.9 Å². The smallest absolute Gasteiger partial charge is 0.368 e. The third-order valence-corrected chi connectivity index (χ3v) is 8.00. The van der Waals surface area contributed by atoms with Crippen LogP contribution >= 0.6 is 0 Å². The van der Waals surface area contributed by atoms with Crippen molar-refractivity contribution >= 4 is 21.6 Å². The quantitative estimate of drug-likeness (QED) is 0.664. The van der Waals surface area contributed by atoms with Gasteiger partial charge >= 0.3 is 6.18 Å². The normalized spacial score (nSPS) is 20.8. The summed E-state index contributed by atoms with van der Waals surface area (Å²) < 4.78 is 67.6. The molecular formula is C21H26F3N5O3S. The molecule has 0 radical (unpaired) electrons. The van der Waals surface area contributed by atoms with Crippen LogP contribution in [0.25, 0.3) is 0 Å². The molecule has 8 nitrogen and oxygen atoms in total. The van der Waals surface area contributed by atoms with Gasteiger partial charge in [-0.1, -0.05) is 6.07 Å². The van der Waals surface area contributed by atoms with E-state index < -0.39 is 27.7 Å². The topological polar surface area (TPSA) is 78.8 Å². The molecule has 2 aliphatic heterocycles. The van der Waals surface area contributed by atoms with Crippen molar-refractivity contribution in [1.29, 1.82) is 0 Å². The number of rotatable bonds is 4. The molecule has 0 bridgehead atoms. The van der Waals surface area contributed by atoms with Crippen LogP contribution in [0, 0.1) is 5.92 Å². The van der Waals surface area contributed by atoms with Gasteiger partial charge in [0.05, 0.1) is 17.7 Å². The average molecular weight is 486 g/mol. The largest absolute Gasteiger partial charge is 0.416 e. The first kappa shape index (κ1) is 23.6. The van der Waals surface area contributed by atoms with E-state index in [1.807, 2.05) is 4.90 Å². The first-order valence-electron chi connectivity index (χ1n) is 10.8. The van der Waals surface area contributed by atoms with Crippen molar-refractivity contribution < 1.29 is 26.4 Å². The number of piperazine rings is 1. The molecule has 0 aliphatic carbocycles. The zero-order chi connectivity index (χ0) is 23.8. The van der Waals surface area contributed by atoms with Crippen molar-refractivity contribution in [2.75, 3.05) is 44.2 Å². The minimum atomic E-state index is -4.41. The highest BCUT2D eigenvalue weighted by Gasteiger charge is 2.36. The van der Waals surface area contributed by atoms with Gasteiger partial charge in [0, 0.05) is 58.2 Å². The van der Waals surface area contributed by atoms with Crippen molar-refractivity contribution in [3.8, 4) is 0 Å². The second-order valence-electron chi connectivity index (χ2n) is 8.41. The lowest BCUT2D eigenvalue weighted by atomic mass is 9.97. The molecular weight excluding hydrogens is 459 g/mol. The number of alkyl halides is 3. The Kier molecular flexibility index (Phi) is 6.41. The summed E-state index contributed by atoms with van der Waals surface area (Å²) in [5.74, 6) is -0.546. The van der Waals surface area contributed by atoms with Gasteiger partial charge < -0.3 is 9.80 Å². The first-order chi connectivity index (χ1) is 15.6. The molecule has 0 unspecified atom stereocenters. The van der Waals surface area contributed by atoms with Crippen molar-refractivity contribution in [1.82, 2.24) is 19.0 Å². The molecule has 33 heavy (non-hydrogen) atoms. The van der Waals surface area contributed by atoms with Gasteiger partial charge in [-0.2, -0.15) is 22.6 Å². The lowest BCUT2D eigenvalue weighted by Gasteiger charge is -2.39. The number of aromatic nitrogens is 2. The SMILES string of the molecule is Cn1cc(S(=O)(=O)N2CCC[C@H](C(=O)N3CCN(c4cccc(C(F)(F)F)c4)CC3)C2)cn1. The number of hydrogen-bond donors (Lipinski definition) is 0. The highest BCUT2D eigenvalue weighted by Crippen LogP contribution is 2.32. The van der Waals surface area contributed by atoms with Gasteiger partial charge in [0.1, 0.15) is 4.90 Å². The average Bonchev–Trinajstić information content (AvgIpc) is 3.25. The predicted octanol–water partition coefficient (Wildman–Crippen LogP) is 2.19. The van der Waals surface area contributed by atoms with Gasteiger partial charge in [-0.3, -0.25) is 9.48 Å². The third kappa shape index (κ3) is 5.01. The van der Waals surface area contributed by atoms with Gasteiger partial charge in [-0.05, 0) is 31.0 Å². The lowest BCUT2D eigenvalue weighted by Crippen LogP contribution is -2.53. The molecule has 1 atom stereocenters. The summed E-state index contributed by atoms with van der Waals surface area (Å²) in [4.78, 5) is 16.7. The second kappa shape index (κ2) is 8.98. The van der Waals surface area contributed by atoms with E-state index in [-0.39, 0.29) is 17.3 Å². The summed E-state index contributed by atoms with van der Waals surface area (Å²) in [5.41, 5.74) is -0.223. The molecule has 180 valence electrons. The Bertz CT molecular complexity index is 1110. The minimum absolute atomic E-state index is 0.104. The number of halogens is 3. The molecule has 2 aliphatic rings. The molecule has 12 heteroatoms. The Labute approximate surface area is 190 Å². The fraction of sp³-hybridized carbons (Fsp3) is 0.524. The number of carbonyl (C=O) groups excluding carboxylic acids is 1. The van der Waals surface area contributed by atoms with Crippen LogP contribution in [-0.2, 0) is 28.0 Å². The molecule has 0 spiro atoms. The summed E-state index contributed by atoms with van der Waals surface area (Å²) in [7, 11) is -2.08. The standard InChI is InChI=1S/C21H26F3N5O3S/c1-26-15-19(13-25-26)33(31,32)29-7-3-4-16(14-29)20(30)28-10-8-27(9-11-28)18-6-2-5-17(12-18)21(22,23)24/h2,5-6,12-13,15-16H,3-4,7-11,14H2,1H3/t16-/m0/s1. The number of benzene rings is 1. The molecule has 1 aromatic carbocycles. The number of aryl methyl sites for hydroxylation is 1. The molecule has 2 saturated heterocycles. The molecule has 1 aromatic heterocycles. The van der Waals surface area contributed by atoms with Crippen molar-refractivity contribution in [2.24, 2.45) is 13.0 Å². The number of nitrogens with zero attached hydrogens (tertiary/aromatic N) is 5. The molecule has 1 amide bonds. The summed E-state index contributed by atoms with van der Waals surface area (Å²) >= 11 is 0. The Hall–Kier alpha value is -2.60. The Morgan fingerprint density at radius 2 is 1.85 bits per heavy atom. The van der Waals surface area contributed by atoms with Gasteiger partial charge in [0.25, 0.3) is 0 Å². The monoisotopic (exact) mass is 485 g/mol. The predicted molar refractivity (Wildman–Crippen MR) is 115 cm³/mol. The van der Waals surface area contributed by atoms with E-state index in [0.717, 1.165) is 12.1 Å². The van der Waals surface area contributed by atoms with E-state index in [2.05, 4.69) is 5.10 Å². The Balaban J connectivity index is 1.38. The zero-order valence-electron chi connectivity index (χ0n) is 18.2. The number of hydrogen-bond acceptors (Lipinski definition) is 5. The summed E-state index contributed by atoms with van der Waals surface area (Å²) in [6, 6.07) is 5.18. The molecule has 3 heterocycles. The molecule has 2 fully saturated rings. The van der Waals surface area contributed by atoms with Crippen molar-refractivity contribution in [3.63, 3.8) is 0 Å². The minimum Gasteiger partial charge on any atom is -0.368 e. The Morgan fingerprint density at radius 1 is 1.12 bits per heavy atom. The van der Waals surface area contributed by atoms with Crippen LogP contribution in [0.2, 0.25) is 0 Å². The number of amides is 1. The van der Waals surface area contributed by atoms with Gasteiger partial charge in [-0.15, -0.1) is 0 Å². The fourth-order valence-corrected chi connectivity index (χ4v) is 5.88. The molecule has 2 aromatic rings. The summed E-state index contributed by atoms with van der Waals surface area (Å²) in [5, 5.41) is 3.92. The Morgan fingerprint density at radius 3 is 2.48 bits per heavy atom. The number of piperidine rings is 1. The molecule has 4 rings (SSSR count). The van der Waals surface area contributed by atoms with Crippen molar-refractivity contribution in [2.45, 2.75) is 23.9 Å². The van der Waals surface area contributed by atoms with Crippen molar-refractivity contribution in [3.05, 3.63) is 42.2 Å². The molecule has 0 saturated carbocycles. The van der Waals surface area contributed by atoms with Crippen LogP contribution < -0.4 is 4.90 Å².